The van der Waals surface area contributed by atoms with Crippen LogP contribution in [0, 0.1) is 0 Å². The van der Waals surface area contributed by atoms with Gasteiger partial charge < -0.3 is 14.8 Å². The molecule has 0 radical (unpaired) electrons. The number of methoxy groups -OCH3 is 1. The summed E-state index contributed by atoms with van der Waals surface area (Å²) in [6, 6.07) is 2.52. The van der Waals surface area contributed by atoms with Crippen molar-refractivity contribution in [2.45, 2.75) is 6.92 Å². The van der Waals surface area contributed by atoms with Crippen molar-refractivity contribution in [3.05, 3.63) is 33.4 Å². The highest BCUT2D eigenvalue weighted by molar-refractivity contribution is 6.37. The predicted molar refractivity (Wildman–Crippen MR) is 87.9 cm³/mol. The largest absolute Gasteiger partial charge is 0.479 e. The Balaban J connectivity index is 2.24. The maximum absolute atomic E-state index is 12.0. The molecule has 1 aliphatic heterocycles. The zero-order chi connectivity index (χ0) is 17.9. The number of amides is 3. The molecule has 0 aliphatic carbocycles. The van der Waals surface area contributed by atoms with Crippen LogP contribution < -0.4 is 10.1 Å². The van der Waals surface area contributed by atoms with Crippen LogP contribution in [0.1, 0.15) is 12.5 Å². The molecule has 1 aromatic rings. The third-order valence-corrected chi connectivity index (χ3v) is 3.73. The molecule has 0 atom stereocenters. The van der Waals surface area contributed by atoms with E-state index in [1.165, 1.54) is 25.3 Å². The number of nitrogens with one attached hydrogen (secondary N) is 1. The van der Waals surface area contributed by atoms with Crippen molar-refractivity contribution in [2.75, 3.05) is 20.3 Å². The average Bonchev–Trinajstić information content (AvgIpc) is 2.79. The first-order valence-corrected chi connectivity index (χ1v) is 7.66. The summed E-state index contributed by atoms with van der Waals surface area (Å²) in [5.41, 5.74) is 0.620. The first kappa shape index (κ1) is 18.1. The van der Waals surface area contributed by atoms with Gasteiger partial charge in [-0.05, 0) is 30.7 Å². The van der Waals surface area contributed by atoms with Crippen LogP contribution in [0.5, 0.6) is 5.75 Å². The van der Waals surface area contributed by atoms with Gasteiger partial charge in [-0.1, -0.05) is 23.2 Å². The Morgan fingerprint density at radius 3 is 2.42 bits per heavy atom. The topological polar surface area (TPSA) is 84.9 Å². The van der Waals surface area contributed by atoms with Gasteiger partial charge in [0.2, 0.25) is 0 Å². The third-order valence-electron chi connectivity index (χ3n) is 3.17. The van der Waals surface area contributed by atoms with Crippen LogP contribution in [0.2, 0.25) is 10.0 Å². The molecule has 1 heterocycles. The summed E-state index contributed by atoms with van der Waals surface area (Å²) in [4.78, 5) is 35.8. The molecule has 3 amide bonds. The van der Waals surface area contributed by atoms with Crippen LogP contribution in [0.3, 0.4) is 0 Å². The Morgan fingerprint density at radius 1 is 1.29 bits per heavy atom. The second-order valence-electron chi connectivity index (χ2n) is 4.72. The molecule has 0 unspecified atom stereocenters. The van der Waals surface area contributed by atoms with E-state index < -0.39 is 17.9 Å². The molecule has 0 saturated carbocycles. The highest BCUT2D eigenvalue weighted by Gasteiger charge is 2.32. The fraction of sp³-hybridized carbons (Fsp3) is 0.267. The number of nitrogens with zero attached hydrogens (tertiary/aromatic N) is 1. The summed E-state index contributed by atoms with van der Waals surface area (Å²) < 4.78 is 9.68. The van der Waals surface area contributed by atoms with Crippen LogP contribution in [0.15, 0.2) is 17.8 Å². The number of halogens is 2. The third kappa shape index (κ3) is 3.80. The monoisotopic (exact) mass is 372 g/mol. The summed E-state index contributed by atoms with van der Waals surface area (Å²) >= 11 is 12.2. The Kier molecular flexibility index (Phi) is 5.69. The molecule has 1 aliphatic rings. The van der Waals surface area contributed by atoms with Gasteiger partial charge in [-0.15, -0.1) is 0 Å². The number of likely N-dealkylation sites (N-methyl/N-ethyl adjacent to an activating group) is 1. The minimum Gasteiger partial charge on any atom is -0.479 e. The molecule has 1 N–H and O–H groups in total. The smallest absolute Gasteiger partial charge is 0.343 e. The summed E-state index contributed by atoms with van der Waals surface area (Å²) in [5.74, 6) is -0.879. The van der Waals surface area contributed by atoms with E-state index in [2.05, 4.69) is 10.1 Å². The van der Waals surface area contributed by atoms with Crippen LogP contribution in [0.25, 0.3) is 6.08 Å². The highest BCUT2D eigenvalue weighted by Crippen LogP contribution is 2.35. The summed E-state index contributed by atoms with van der Waals surface area (Å²) in [6.45, 7) is 1.63. The Hall–Kier alpha value is -2.25. The molecule has 0 bridgehead atoms. The zero-order valence-corrected chi connectivity index (χ0v) is 14.4. The maximum Gasteiger partial charge on any atom is 0.343 e. The van der Waals surface area contributed by atoms with Crippen molar-refractivity contribution in [1.82, 2.24) is 10.2 Å². The Labute approximate surface area is 148 Å². The zero-order valence-electron chi connectivity index (χ0n) is 12.9. The van der Waals surface area contributed by atoms with E-state index in [1.54, 1.807) is 6.92 Å². The van der Waals surface area contributed by atoms with E-state index in [-0.39, 0.29) is 34.6 Å². The molecule has 0 aromatic heterocycles. The standard InChI is InChI=1S/C15H14Cl2N2O5/c1-3-19-14(21)11(18-15(19)22)6-8-4-9(16)13(10(17)5-8)24-7-12(20)23-2/h4-6H,3,7H2,1-2H3,(H,18,22)/b11-6-. The SMILES string of the molecule is CCN1C(=O)N/C(=C\c2cc(Cl)c(OCC(=O)OC)c(Cl)c2)C1=O. The molecular formula is C15H14Cl2N2O5. The number of rotatable bonds is 5. The minimum atomic E-state index is -0.577. The van der Waals surface area contributed by atoms with Gasteiger partial charge in [0.25, 0.3) is 5.91 Å². The number of hydrogen-bond donors (Lipinski definition) is 1. The lowest BCUT2D eigenvalue weighted by Gasteiger charge is -2.10. The van der Waals surface area contributed by atoms with Gasteiger partial charge in [-0.2, -0.15) is 0 Å². The lowest BCUT2D eigenvalue weighted by Crippen LogP contribution is -2.30. The second-order valence-corrected chi connectivity index (χ2v) is 5.53. The maximum atomic E-state index is 12.0. The molecule has 9 heteroatoms. The van der Waals surface area contributed by atoms with Gasteiger partial charge in [0, 0.05) is 6.54 Å². The van der Waals surface area contributed by atoms with Crippen molar-refractivity contribution in [2.24, 2.45) is 0 Å². The van der Waals surface area contributed by atoms with E-state index in [1.807, 2.05) is 0 Å². The normalized spacial score (nSPS) is 15.7. The lowest BCUT2D eigenvalue weighted by molar-refractivity contribution is -0.142. The molecule has 24 heavy (non-hydrogen) atoms. The predicted octanol–water partition coefficient (Wildman–Crippen LogP) is 2.46. The number of carbonyl (C=O) groups excluding carboxylic acids is 3. The molecule has 1 aromatic carbocycles. The number of hydrogen-bond acceptors (Lipinski definition) is 5. The molecule has 128 valence electrons. The second kappa shape index (κ2) is 7.55. The first-order chi connectivity index (χ1) is 11.4. The number of benzene rings is 1. The number of ether oxygens (including phenoxy) is 2. The van der Waals surface area contributed by atoms with E-state index >= 15 is 0 Å². The molecule has 0 spiro atoms. The first-order valence-electron chi connectivity index (χ1n) is 6.90. The quantitative estimate of drug-likeness (QED) is 0.487. The van der Waals surface area contributed by atoms with E-state index in [0.29, 0.717) is 5.56 Å². The fourth-order valence-electron chi connectivity index (χ4n) is 2.02. The van der Waals surface area contributed by atoms with Crippen LogP contribution in [0.4, 0.5) is 4.79 Å². The lowest BCUT2D eigenvalue weighted by atomic mass is 10.1. The molecule has 1 fully saturated rings. The summed E-state index contributed by atoms with van der Waals surface area (Å²) in [5, 5.41) is 2.78. The van der Waals surface area contributed by atoms with Crippen LogP contribution in [-0.2, 0) is 14.3 Å². The summed E-state index contributed by atoms with van der Waals surface area (Å²) in [7, 11) is 1.23. The molecule has 1 saturated heterocycles. The number of urea groups is 1. The van der Waals surface area contributed by atoms with Gasteiger partial charge in [-0.25, -0.2) is 9.59 Å². The van der Waals surface area contributed by atoms with Crippen LogP contribution in [-0.4, -0.2) is 43.1 Å². The van der Waals surface area contributed by atoms with Crippen molar-refractivity contribution < 1.29 is 23.9 Å². The Morgan fingerprint density at radius 2 is 1.92 bits per heavy atom. The molecular weight excluding hydrogens is 359 g/mol. The minimum absolute atomic E-state index is 0.122. The fourth-order valence-corrected chi connectivity index (χ4v) is 2.63. The van der Waals surface area contributed by atoms with Gasteiger partial charge in [0.05, 0.1) is 17.2 Å². The van der Waals surface area contributed by atoms with E-state index in [4.69, 9.17) is 27.9 Å². The van der Waals surface area contributed by atoms with E-state index in [9.17, 15) is 14.4 Å². The van der Waals surface area contributed by atoms with Crippen molar-refractivity contribution in [1.29, 1.82) is 0 Å². The van der Waals surface area contributed by atoms with Crippen molar-refractivity contribution in [3.63, 3.8) is 0 Å². The number of esters is 1. The summed E-state index contributed by atoms with van der Waals surface area (Å²) in [6.07, 6.45) is 1.46. The van der Waals surface area contributed by atoms with Gasteiger partial charge >= 0.3 is 12.0 Å². The Bertz CT molecular complexity index is 710. The van der Waals surface area contributed by atoms with Gasteiger partial charge in [0.15, 0.2) is 12.4 Å². The van der Waals surface area contributed by atoms with Crippen molar-refractivity contribution in [3.8, 4) is 5.75 Å². The van der Waals surface area contributed by atoms with Gasteiger partial charge in [-0.3, -0.25) is 9.69 Å². The van der Waals surface area contributed by atoms with Crippen molar-refractivity contribution >= 4 is 47.2 Å². The molecule has 7 nitrogen and oxygen atoms in total. The number of carbonyl (C=O) groups is 3. The van der Waals surface area contributed by atoms with Gasteiger partial charge in [0.1, 0.15) is 5.70 Å². The highest BCUT2D eigenvalue weighted by atomic mass is 35.5. The molecule has 2 rings (SSSR count). The number of imide groups is 1. The average molecular weight is 373 g/mol. The van der Waals surface area contributed by atoms with E-state index in [0.717, 1.165) is 4.90 Å². The van der Waals surface area contributed by atoms with Crippen LogP contribution >= 0.6 is 23.2 Å².